The van der Waals surface area contributed by atoms with Gasteiger partial charge in [-0.2, -0.15) is 11.3 Å². The van der Waals surface area contributed by atoms with Crippen molar-refractivity contribution < 1.29 is 4.79 Å². The van der Waals surface area contributed by atoms with E-state index in [0.29, 0.717) is 0 Å². The summed E-state index contributed by atoms with van der Waals surface area (Å²) in [7, 11) is 0. The molecule has 3 rings (SSSR count). The smallest absolute Gasteiger partial charge is 0.223 e. The molecule has 4 heteroatoms. The van der Waals surface area contributed by atoms with Crippen molar-refractivity contribution in [3.63, 3.8) is 0 Å². The highest BCUT2D eigenvalue weighted by Crippen LogP contribution is 2.21. The summed E-state index contributed by atoms with van der Waals surface area (Å²) in [6.07, 6.45) is 2.75. The minimum Gasteiger partial charge on any atom is -0.361 e. The minimum atomic E-state index is -0.0553. The van der Waals surface area contributed by atoms with Gasteiger partial charge in [0.25, 0.3) is 0 Å². The zero-order valence-electron chi connectivity index (χ0n) is 12.8. The number of amides is 1. The number of hydrogen-bond acceptors (Lipinski definition) is 2. The molecule has 0 radical (unpaired) electrons. The van der Waals surface area contributed by atoms with Crippen molar-refractivity contribution in [3.05, 3.63) is 58.4 Å². The van der Waals surface area contributed by atoms with E-state index in [1.807, 2.05) is 37.6 Å². The fraction of sp³-hybridized carbons (Fsp3) is 0.278. The highest BCUT2D eigenvalue weighted by Gasteiger charge is 2.18. The molecule has 0 aliphatic carbocycles. The van der Waals surface area contributed by atoms with Crippen LogP contribution in [0.4, 0.5) is 0 Å². The third-order valence-corrected chi connectivity index (χ3v) is 4.75. The number of carbonyl (C=O) groups is 1. The number of fused-ring (bicyclic) bond motifs is 1. The van der Waals surface area contributed by atoms with Crippen LogP contribution < -0.4 is 5.32 Å². The Kier molecular flexibility index (Phi) is 4.29. The summed E-state index contributed by atoms with van der Waals surface area (Å²) in [5.74, 6) is 0.0456. The number of rotatable bonds is 5. The summed E-state index contributed by atoms with van der Waals surface area (Å²) < 4.78 is 0. The molecule has 2 unspecified atom stereocenters. The first-order chi connectivity index (χ1) is 10.6. The van der Waals surface area contributed by atoms with Crippen LogP contribution in [0.2, 0.25) is 0 Å². The Morgan fingerprint density at radius 3 is 2.86 bits per heavy atom. The lowest BCUT2D eigenvalue weighted by atomic mass is 9.99. The number of para-hydroxylation sites is 1. The third-order valence-electron chi connectivity index (χ3n) is 4.05. The molecule has 0 aliphatic heterocycles. The molecule has 3 aromatic rings. The Morgan fingerprint density at radius 1 is 1.27 bits per heavy atom. The summed E-state index contributed by atoms with van der Waals surface area (Å²) in [6.45, 7) is 4.01. The summed E-state index contributed by atoms with van der Waals surface area (Å²) >= 11 is 1.65. The number of H-pyrrole nitrogens is 1. The molecule has 0 aliphatic rings. The Hall–Kier alpha value is -2.07. The lowest BCUT2D eigenvalue weighted by Gasteiger charge is -2.16. The van der Waals surface area contributed by atoms with E-state index in [1.54, 1.807) is 11.3 Å². The highest BCUT2D eigenvalue weighted by molar-refractivity contribution is 7.07. The molecule has 3 nitrogen and oxygen atoms in total. The van der Waals surface area contributed by atoms with Gasteiger partial charge in [-0.1, -0.05) is 25.1 Å². The van der Waals surface area contributed by atoms with Crippen LogP contribution in [0.3, 0.4) is 0 Å². The molecule has 2 heterocycles. The van der Waals surface area contributed by atoms with E-state index < -0.39 is 0 Å². The molecule has 2 aromatic heterocycles. The van der Waals surface area contributed by atoms with Crippen LogP contribution in [-0.4, -0.2) is 10.9 Å². The molecule has 0 saturated heterocycles. The number of nitrogens with one attached hydrogen (secondary N) is 2. The molecule has 2 atom stereocenters. The Balaban J connectivity index is 1.66. The van der Waals surface area contributed by atoms with E-state index in [9.17, 15) is 4.79 Å². The largest absolute Gasteiger partial charge is 0.361 e. The predicted molar refractivity (Wildman–Crippen MR) is 92.0 cm³/mol. The molecule has 0 fully saturated rings. The Bertz CT molecular complexity index is 760. The summed E-state index contributed by atoms with van der Waals surface area (Å²) in [5, 5.41) is 8.42. The summed E-state index contributed by atoms with van der Waals surface area (Å²) in [5.41, 5.74) is 3.48. The summed E-state index contributed by atoms with van der Waals surface area (Å²) in [4.78, 5) is 15.7. The Morgan fingerprint density at radius 2 is 2.09 bits per heavy atom. The maximum absolute atomic E-state index is 12.4. The second kappa shape index (κ2) is 6.36. The van der Waals surface area contributed by atoms with Crippen LogP contribution in [0.5, 0.6) is 0 Å². The first-order valence-corrected chi connectivity index (χ1v) is 8.47. The van der Waals surface area contributed by atoms with Crippen LogP contribution in [0.25, 0.3) is 10.9 Å². The van der Waals surface area contributed by atoms with Crippen LogP contribution >= 0.6 is 11.3 Å². The van der Waals surface area contributed by atoms with Crippen molar-refractivity contribution in [1.82, 2.24) is 10.3 Å². The molecule has 22 heavy (non-hydrogen) atoms. The molecular formula is C18H20N2OS. The van der Waals surface area contributed by atoms with Crippen LogP contribution in [-0.2, 0) is 11.2 Å². The van der Waals surface area contributed by atoms with Crippen molar-refractivity contribution in [2.75, 3.05) is 0 Å². The first-order valence-electron chi connectivity index (χ1n) is 7.52. The summed E-state index contributed by atoms with van der Waals surface area (Å²) in [6, 6.07) is 10.3. The second-order valence-electron chi connectivity index (χ2n) is 5.75. The fourth-order valence-corrected chi connectivity index (χ4v) is 3.44. The van der Waals surface area contributed by atoms with Gasteiger partial charge in [0, 0.05) is 23.0 Å². The second-order valence-corrected chi connectivity index (χ2v) is 6.53. The van der Waals surface area contributed by atoms with Crippen molar-refractivity contribution in [1.29, 1.82) is 0 Å². The van der Waals surface area contributed by atoms with E-state index in [-0.39, 0.29) is 17.9 Å². The number of hydrogen-bond donors (Lipinski definition) is 2. The number of aromatic nitrogens is 1. The van der Waals surface area contributed by atoms with Crippen LogP contribution in [0.15, 0.2) is 47.3 Å². The van der Waals surface area contributed by atoms with Crippen molar-refractivity contribution >= 4 is 28.1 Å². The van der Waals surface area contributed by atoms with E-state index in [1.165, 1.54) is 10.9 Å². The number of benzene rings is 1. The van der Waals surface area contributed by atoms with Gasteiger partial charge in [0.15, 0.2) is 0 Å². The topological polar surface area (TPSA) is 44.9 Å². The van der Waals surface area contributed by atoms with Gasteiger partial charge < -0.3 is 10.3 Å². The fourth-order valence-electron chi connectivity index (χ4n) is 2.68. The quantitative estimate of drug-likeness (QED) is 0.725. The molecular weight excluding hydrogens is 292 g/mol. The normalized spacial score (nSPS) is 13.9. The monoisotopic (exact) mass is 312 g/mol. The van der Waals surface area contributed by atoms with Gasteiger partial charge in [-0.25, -0.2) is 0 Å². The first kappa shape index (κ1) is 14.9. The zero-order chi connectivity index (χ0) is 15.5. The average molecular weight is 312 g/mol. The molecule has 0 saturated carbocycles. The average Bonchev–Trinajstić information content (AvgIpc) is 3.17. The molecule has 0 bridgehead atoms. The molecule has 0 spiro atoms. The van der Waals surface area contributed by atoms with Crippen molar-refractivity contribution in [2.45, 2.75) is 26.3 Å². The van der Waals surface area contributed by atoms with Gasteiger partial charge in [0.2, 0.25) is 5.91 Å². The van der Waals surface area contributed by atoms with E-state index in [0.717, 1.165) is 17.5 Å². The number of thiophene rings is 1. The van der Waals surface area contributed by atoms with Crippen LogP contribution in [0, 0.1) is 5.92 Å². The Labute approximate surface area is 134 Å². The van der Waals surface area contributed by atoms with Crippen LogP contribution in [0.1, 0.15) is 31.0 Å². The number of aromatic amines is 1. The van der Waals surface area contributed by atoms with E-state index in [2.05, 4.69) is 33.9 Å². The number of carbonyl (C=O) groups excluding carboxylic acids is 1. The van der Waals surface area contributed by atoms with Gasteiger partial charge in [-0.05, 0) is 47.4 Å². The lowest BCUT2D eigenvalue weighted by Crippen LogP contribution is -2.32. The van der Waals surface area contributed by atoms with E-state index >= 15 is 0 Å². The van der Waals surface area contributed by atoms with Gasteiger partial charge >= 0.3 is 0 Å². The highest BCUT2D eigenvalue weighted by atomic mass is 32.1. The van der Waals surface area contributed by atoms with Crippen molar-refractivity contribution in [2.24, 2.45) is 5.92 Å². The zero-order valence-corrected chi connectivity index (χ0v) is 13.6. The maximum Gasteiger partial charge on any atom is 0.223 e. The SMILES string of the molecule is CC(Cc1c[nH]c2ccccc12)C(=O)NC(C)c1ccsc1. The van der Waals surface area contributed by atoms with Gasteiger partial charge in [0.05, 0.1) is 6.04 Å². The minimum absolute atomic E-state index is 0.0553. The van der Waals surface area contributed by atoms with Gasteiger partial charge in [-0.3, -0.25) is 4.79 Å². The third kappa shape index (κ3) is 3.07. The van der Waals surface area contributed by atoms with Crippen molar-refractivity contribution in [3.8, 4) is 0 Å². The van der Waals surface area contributed by atoms with Gasteiger partial charge in [-0.15, -0.1) is 0 Å². The van der Waals surface area contributed by atoms with E-state index in [4.69, 9.17) is 0 Å². The maximum atomic E-state index is 12.4. The lowest BCUT2D eigenvalue weighted by molar-refractivity contribution is -0.125. The molecule has 1 amide bonds. The predicted octanol–water partition coefficient (Wildman–Crippen LogP) is 4.29. The van der Waals surface area contributed by atoms with Gasteiger partial charge in [0.1, 0.15) is 0 Å². The molecule has 2 N–H and O–H groups in total. The molecule has 1 aromatic carbocycles. The molecule has 114 valence electrons. The standard InChI is InChI=1S/C18H20N2OS/c1-12(18(21)20-13(2)14-7-8-22-11-14)9-15-10-19-17-6-4-3-5-16(15)17/h3-8,10-13,19H,9H2,1-2H3,(H,20,21).